The molecule has 0 aromatic heterocycles. The van der Waals surface area contributed by atoms with E-state index in [9.17, 15) is 13.2 Å². The van der Waals surface area contributed by atoms with Crippen LogP contribution in [0.15, 0.2) is 6.07 Å². The summed E-state index contributed by atoms with van der Waals surface area (Å²) in [7, 11) is -3.81. The number of amides is 2. The van der Waals surface area contributed by atoms with Crippen LogP contribution in [0, 0.1) is 0 Å². The van der Waals surface area contributed by atoms with Gasteiger partial charge in [-0.1, -0.05) is 6.07 Å². The second-order valence-electron chi connectivity index (χ2n) is 11.0. The number of piperazine rings is 1. The van der Waals surface area contributed by atoms with Crippen LogP contribution in [-0.2, 0) is 35.7 Å². The Morgan fingerprint density at radius 2 is 1.75 bits per heavy atom. The van der Waals surface area contributed by atoms with Gasteiger partial charge in [-0.2, -0.15) is 0 Å². The van der Waals surface area contributed by atoms with Crippen molar-refractivity contribution in [3.8, 4) is 0 Å². The van der Waals surface area contributed by atoms with Gasteiger partial charge in [-0.05, 0) is 101 Å². The molecule has 2 aliphatic carbocycles. The Morgan fingerprint density at radius 1 is 1.09 bits per heavy atom. The quantitative estimate of drug-likeness (QED) is 0.643. The lowest BCUT2D eigenvalue weighted by Gasteiger charge is -2.52. The summed E-state index contributed by atoms with van der Waals surface area (Å²) in [5.41, 5.74) is 5.51. The molecule has 7 nitrogen and oxygen atoms in total. The molecule has 1 aromatic carbocycles. The van der Waals surface area contributed by atoms with Crippen molar-refractivity contribution in [1.29, 1.82) is 0 Å². The van der Waals surface area contributed by atoms with E-state index in [1.807, 2.05) is 0 Å². The van der Waals surface area contributed by atoms with E-state index in [2.05, 4.69) is 47.1 Å². The molecule has 3 N–H and O–H groups in total. The molecule has 4 aliphatic rings. The van der Waals surface area contributed by atoms with Gasteiger partial charge in [0, 0.05) is 29.4 Å². The van der Waals surface area contributed by atoms with E-state index in [1.54, 1.807) is 0 Å². The van der Waals surface area contributed by atoms with E-state index >= 15 is 0 Å². The number of anilines is 1. The van der Waals surface area contributed by atoms with Crippen molar-refractivity contribution in [2.75, 3.05) is 24.2 Å². The number of hydrogen-bond acceptors (Lipinski definition) is 5. The molecule has 2 saturated heterocycles. The van der Waals surface area contributed by atoms with Gasteiger partial charge in [0.25, 0.3) is 0 Å². The maximum absolute atomic E-state index is 13.1. The minimum atomic E-state index is -3.81. The largest absolute Gasteiger partial charge is 0.332 e. The molecule has 8 heteroatoms. The Morgan fingerprint density at radius 3 is 2.41 bits per heavy atom. The first kappa shape index (κ1) is 22.2. The predicted octanol–water partition coefficient (Wildman–Crippen LogP) is 2.72. The van der Waals surface area contributed by atoms with Crippen LogP contribution < -0.4 is 15.4 Å². The molecular weight excluding hydrogens is 424 g/mol. The number of aryl methyl sites for hydroxylation is 2. The van der Waals surface area contributed by atoms with E-state index in [-0.39, 0.29) is 22.9 Å². The van der Waals surface area contributed by atoms with Crippen molar-refractivity contribution in [3.05, 3.63) is 28.3 Å². The number of nitrogens with one attached hydrogen (secondary N) is 3. The van der Waals surface area contributed by atoms with Crippen molar-refractivity contribution in [2.24, 2.45) is 0 Å². The van der Waals surface area contributed by atoms with Crippen molar-refractivity contribution >= 4 is 21.7 Å². The molecule has 1 unspecified atom stereocenters. The topological polar surface area (TPSA) is 90.5 Å². The average Bonchev–Trinajstić information content (AvgIpc) is 3.40. The first-order valence-electron chi connectivity index (χ1n) is 12.1. The van der Waals surface area contributed by atoms with E-state index in [4.69, 9.17) is 0 Å². The summed E-state index contributed by atoms with van der Waals surface area (Å²) in [4.78, 5) is 15.3. The molecule has 2 aliphatic heterocycles. The molecule has 2 atom stereocenters. The summed E-state index contributed by atoms with van der Waals surface area (Å²) < 4.78 is 28.5. The van der Waals surface area contributed by atoms with Crippen LogP contribution in [0.3, 0.4) is 0 Å². The van der Waals surface area contributed by atoms with Gasteiger partial charge in [0.2, 0.25) is 10.0 Å². The highest BCUT2D eigenvalue weighted by Gasteiger charge is 2.51. The van der Waals surface area contributed by atoms with Gasteiger partial charge in [-0.15, -0.1) is 0 Å². The molecule has 0 spiro atoms. The van der Waals surface area contributed by atoms with Crippen LogP contribution in [0.25, 0.3) is 0 Å². The molecule has 2 heterocycles. The molecule has 2 fully saturated rings. The molecule has 0 bridgehead atoms. The molecule has 0 saturated carbocycles. The van der Waals surface area contributed by atoms with Gasteiger partial charge >= 0.3 is 6.03 Å². The number of benzene rings is 1. The van der Waals surface area contributed by atoms with Crippen LogP contribution in [0.2, 0.25) is 0 Å². The number of sulfonamides is 1. The van der Waals surface area contributed by atoms with Gasteiger partial charge in [0.1, 0.15) is 0 Å². The van der Waals surface area contributed by atoms with Gasteiger partial charge in [0.05, 0.1) is 5.75 Å². The summed E-state index contributed by atoms with van der Waals surface area (Å²) in [5.74, 6) is -0.109. The van der Waals surface area contributed by atoms with Crippen LogP contribution in [-0.4, -0.2) is 55.3 Å². The molecule has 176 valence electrons. The molecule has 5 rings (SSSR count). The van der Waals surface area contributed by atoms with E-state index < -0.39 is 16.1 Å². The normalized spacial score (nSPS) is 28.8. The smallest absolute Gasteiger partial charge is 0.307 e. The molecular formula is C24H36N4O3S. The van der Waals surface area contributed by atoms with Gasteiger partial charge in [-0.3, -0.25) is 4.90 Å². The van der Waals surface area contributed by atoms with Gasteiger partial charge in [-0.25, -0.2) is 17.9 Å². The summed E-state index contributed by atoms with van der Waals surface area (Å²) in [5, 5.41) is 6.51. The second-order valence-corrected chi connectivity index (χ2v) is 12.8. The van der Waals surface area contributed by atoms with Crippen molar-refractivity contribution in [1.82, 2.24) is 14.9 Å². The third kappa shape index (κ3) is 3.94. The first-order valence-corrected chi connectivity index (χ1v) is 13.7. The Kier molecular flexibility index (Phi) is 5.34. The maximum Gasteiger partial charge on any atom is 0.332 e. The standard InChI is InChI=1S/C24H36N4O3S/c1-23(2)15-28-12-6-11-24(28,3)20(26-23)14-32(30,31)27-22(29)25-21-18-9-4-7-16(18)13-17-8-5-10-19(17)21/h13,20,26H,4-12,14-15H2,1-3H3,(H2,25,27,29)/t20?,24-/m1/s1. The maximum atomic E-state index is 13.1. The van der Waals surface area contributed by atoms with Gasteiger partial charge < -0.3 is 10.6 Å². The lowest BCUT2D eigenvalue weighted by atomic mass is 9.84. The van der Waals surface area contributed by atoms with E-state index in [0.717, 1.165) is 70.1 Å². The Labute approximate surface area is 191 Å². The fraction of sp³-hybridized carbons (Fsp3) is 0.708. The third-order valence-electron chi connectivity index (χ3n) is 8.08. The fourth-order valence-corrected chi connectivity index (χ4v) is 7.87. The summed E-state index contributed by atoms with van der Waals surface area (Å²) >= 11 is 0. The van der Waals surface area contributed by atoms with Crippen LogP contribution in [0.5, 0.6) is 0 Å². The number of nitrogens with zero attached hydrogens (tertiary/aromatic N) is 1. The lowest BCUT2D eigenvalue weighted by molar-refractivity contribution is 0.0281. The van der Waals surface area contributed by atoms with Crippen LogP contribution in [0.1, 0.15) is 68.7 Å². The second kappa shape index (κ2) is 7.71. The number of hydrogen-bond donors (Lipinski definition) is 3. The van der Waals surface area contributed by atoms with Gasteiger partial charge in [0.15, 0.2) is 0 Å². The lowest BCUT2D eigenvalue weighted by Crippen LogP contribution is -2.72. The average molecular weight is 461 g/mol. The highest BCUT2D eigenvalue weighted by molar-refractivity contribution is 7.90. The zero-order chi connectivity index (χ0) is 22.7. The molecule has 1 aromatic rings. The summed E-state index contributed by atoms with van der Waals surface area (Å²) in [6.45, 7) is 8.27. The van der Waals surface area contributed by atoms with E-state index in [1.165, 1.54) is 22.3 Å². The summed E-state index contributed by atoms with van der Waals surface area (Å²) in [6, 6.07) is 1.43. The van der Waals surface area contributed by atoms with Crippen molar-refractivity contribution < 1.29 is 13.2 Å². The van der Waals surface area contributed by atoms with Crippen LogP contribution >= 0.6 is 0 Å². The zero-order valence-electron chi connectivity index (χ0n) is 19.5. The number of fused-ring (bicyclic) bond motifs is 3. The minimum absolute atomic E-state index is 0.109. The van der Waals surface area contributed by atoms with Crippen LogP contribution in [0.4, 0.5) is 10.5 Å². The predicted molar refractivity (Wildman–Crippen MR) is 127 cm³/mol. The Balaban J connectivity index is 1.32. The summed E-state index contributed by atoms with van der Waals surface area (Å²) in [6.07, 6.45) is 8.18. The fourth-order valence-electron chi connectivity index (χ4n) is 6.58. The monoisotopic (exact) mass is 460 g/mol. The third-order valence-corrected chi connectivity index (χ3v) is 9.35. The van der Waals surface area contributed by atoms with E-state index in [0.29, 0.717) is 0 Å². The molecule has 2 amide bonds. The highest BCUT2D eigenvalue weighted by atomic mass is 32.2. The number of carbonyl (C=O) groups excluding carboxylic acids is 1. The Bertz CT molecular complexity index is 1020. The highest BCUT2D eigenvalue weighted by Crippen LogP contribution is 2.39. The molecule has 32 heavy (non-hydrogen) atoms. The number of carbonyl (C=O) groups is 1. The Hall–Kier alpha value is -1.64. The number of urea groups is 1. The zero-order valence-corrected chi connectivity index (χ0v) is 20.3. The van der Waals surface area contributed by atoms with Crippen molar-refractivity contribution in [3.63, 3.8) is 0 Å². The minimum Gasteiger partial charge on any atom is -0.307 e. The SMILES string of the molecule is CC1(C)CN2CCC[C@]2(C)C(CS(=O)(=O)NC(=O)Nc2c3c(cc4c2CCC4)CCC3)N1. The number of rotatable bonds is 4. The van der Waals surface area contributed by atoms with Crippen molar-refractivity contribution in [2.45, 2.75) is 89.3 Å². The molecule has 0 radical (unpaired) electrons. The first-order chi connectivity index (χ1) is 15.1.